The lowest BCUT2D eigenvalue weighted by atomic mass is 10.1. The Hall–Kier alpha value is -2.49. The first-order chi connectivity index (χ1) is 9.99. The molecule has 2 rings (SSSR count). The third-order valence-corrected chi connectivity index (χ3v) is 3.41. The van der Waals surface area contributed by atoms with E-state index < -0.39 is 5.91 Å². The van der Waals surface area contributed by atoms with Gasteiger partial charge in [-0.1, -0.05) is 30.3 Å². The molecule has 1 amide bonds. The van der Waals surface area contributed by atoms with Crippen molar-refractivity contribution in [2.75, 3.05) is 10.6 Å². The lowest BCUT2D eigenvalue weighted by Gasteiger charge is -2.30. The van der Waals surface area contributed by atoms with E-state index in [0.717, 1.165) is 5.69 Å². The van der Waals surface area contributed by atoms with Crippen LogP contribution in [0.4, 0.5) is 11.4 Å². The molecule has 0 spiro atoms. The van der Waals surface area contributed by atoms with E-state index in [-0.39, 0.29) is 6.04 Å². The number of hydrogen-bond donors (Lipinski definition) is 2. The summed E-state index contributed by atoms with van der Waals surface area (Å²) in [5, 5.41) is 0. The third kappa shape index (κ3) is 3.54. The number of hydrogen-bond acceptors (Lipinski definition) is 3. The van der Waals surface area contributed by atoms with Crippen molar-refractivity contribution >= 4 is 17.3 Å². The van der Waals surface area contributed by atoms with Crippen LogP contribution in [-0.4, -0.2) is 11.9 Å². The average molecular weight is 283 g/mol. The maximum Gasteiger partial charge on any atom is 0.250 e. The minimum atomic E-state index is -0.462. The molecule has 4 heteroatoms. The molecule has 4 nitrogen and oxygen atoms in total. The Balaban J connectivity index is 2.41. The van der Waals surface area contributed by atoms with E-state index in [1.54, 1.807) is 12.1 Å². The van der Waals surface area contributed by atoms with Crippen molar-refractivity contribution in [1.29, 1.82) is 0 Å². The molecule has 0 saturated heterocycles. The number of carbonyl (C=O) groups is 1. The Labute approximate surface area is 125 Å². The smallest absolute Gasteiger partial charge is 0.250 e. The molecular weight excluding hydrogens is 262 g/mol. The Morgan fingerprint density at radius 3 is 2.38 bits per heavy atom. The van der Waals surface area contributed by atoms with Crippen molar-refractivity contribution in [2.45, 2.75) is 26.4 Å². The molecule has 0 aromatic heterocycles. The highest BCUT2D eigenvalue weighted by molar-refractivity contribution is 5.99. The summed E-state index contributed by atoms with van der Waals surface area (Å²) < 4.78 is 0. The van der Waals surface area contributed by atoms with Gasteiger partial charge in [-0.3, -0.25) is 4.79 Å². The number of carbonyl (C=O) groups excluding carboxylic acids is 1. The van der Waals surface area contributed by atoms with E-state index in [1.165, 1.54) is 5.56 Å². The Bertz CT molecular complexity index is 623. The second-order valence-corrected chi connectivity index (χ2v) is 5.35. The number of primary amides is 1. The van der Waals surface area contributed by atoms with Crippen molar-refractivity contribution in [3.63, 3.8) is 0 Å². The maximum absolute atomic E-state index is 11.7. The molecular formula is C17H21N3O. The summed E-state index contributed by atoms with van der Waals surface area (Å²) in [7, 11) is 0. The molecule has 2 aromatic carbocycles. The van der Waals surface area contributed by atoms with Gasteiger partial charge in [-0.05, 0) is 37.6 Å². The highest BCUT2D eigenvalue weighted by atomic mass is 16.1. The van der Waals surface area contributed by atoms with Gasteiger partial charge in [-0.25, -0.2) is 0 Å². The van der Waals surface area contributed by atoms with Gasteiger partial charge in [0, 0.05) is 18.3 Å². The van der Waals surface area contributed by atoms with Crippen molar-refractivity contribution < 1.29 is 4.79 Å². The van der Waals surface area contributed by atoms with E-state index >= 15 is 0 Å². The molecule has 2 aromatic rings. The molecule has 21 heavy (non-hydrogen) atoms. The number of rotatable bonds is 5. The summed E-state index contributed by atoms with van der Waals surface area (Å²) in [6.07, 6.45) is 0. The van der Waals surface area contributed by atoms with Crippen LogP contribution in [0.25, 0.3) is 0 Å². The van der Waals surface area contributed by atoms with Gasteiger partial charge < -0.3 is 16.4 Å². The molecule has 4 N–H and O–H groups in total. The minimum Gasteiger partial charge on any atom is -0.399 e. The first-order valence-electron chi connectivity index (χ1n) is 6.99. The molecule has 0 heterocycles. The van der Waals surface area contributed by atoms with Gasteiger partial charge in [0.15, 0.2) is 0 Å². The lowest BCUT2D eigenvalue weighted by molar-refractivity contribution is 0.100. The van der Waals surface area contributed by atoms with Gasteiger partial charge in [-0.15, -0.1) is 0 Å². The van der Waals surface area contributed by atoms with Gasteiger partial charge in [0.2, 0.25) is 0 Å². The highest BCUT2D eigenvalue weighted by Crippen LogP contribution is 2.26. The molecule has 0 saturated carbocycles. The van der Waals surface area contributed by atoms with Crippen LogP contribution in [0.3, 0.4) is 0 Å². The van der Waals surface area contributed by atoms with E-state index in [1.807, 2.05) is 24.3 Å². The third-order valence-electron chi connectivity index (χ3n) is 3.41. The van der Waals surface area contributed by atoms with Crippen LogP contribution >= 0.6 is 0 Å². The van der Waals surface area contributed by atoms with E-state index in [0.29, 0.717) is 17.8 Å². The molecule has 0 atom stereocenters. The Morgan fingerprint density at radius 2 is 1.81 bits per heavy atom. The van der Waals surface area contributed by atoms with E-state index in [2.05, 4.69) is 30.9 Å². The standard InChI is InChI=1S/C17H21N3O/c1-12(2)20(11-13-6-4-3-5-7-13)16-9-8-14(18)10-15(16)17(19)21/h3-10,12H,11,18H2,1-2H3,(H2,19,21). The van der Waals surface area contributed by atoms with Crippen molar-refractivity contribution in [1.82, 2.24) is 0 Å². The Morgan fingerprint density at radius 1 is 1.14 bits per heavy atom. The summed E-state index contributed by atoms with van der Waals surface area (Å²) in [5.41, 5.74) is 14.3. The molecule has 0 aliphatic carbocycles. The SMILES string of the molecule is CC(C)N(Cc1ccccc1)c1ccc(N)cc1C(N)=O. The fourth-order valence-electron chi connectivity index (χ4n) is 2.33. The first kappa shape index (κ1) is 14.9. The van der Waals surface area contributed by atoms with Gasteiger partial charge in [-0.2, -0.15) is 0 Å². The van der Waals surface area contributed by atoms with Gasteiger partial charge in [0.05, 0.1) is 11.3 Å². The van der Waals surface area contributed by atoms with Crippen LogP contribution in [0.2, 0.25) is 0 Å². The number of anilines is 2. The van der Waals surface area contributed by atoms with E-state index in [9.17, 15) is 4.79 Å². The van der Waals surface area contributed by atoms with E-state index in [4.69, 9.17) is 11.5 Å². The van der Waals surface area contributed by atoms with Crippen LogP contribution in [0, 0.1) is 0 Å². The summed E-state index contributed by atoms with van der Waals surface area (Å²) >= 11 is 0. The molecule has 0 unspecified atom stereocenters. The minimum absolute atomic E-state index is 0.229. The zero-order valence-electron chi connectivity index (χ0n) is 12.4. The number of nitrogens with zero attached hydrogens (tertiary/aromatic N) is 1. The topological polar surface area (TPSA) is 72.3 Å². The second kappa shape index (κ2) is 6.31. The molecule has 0 fully saturated rings. The van der Waals surface area contributed by atoms with Gasteiger partial charge >= 0.3 is 0 Å². The fraction of sp³-hybridized carbons (Fsp3) is 0.235. The average Bonchev–Trinajstić information content (AvgIpc) is 2.46. The maximum atomic E-state index is 11.7. The molecule has 0 aliphatic heterocycles. The molecule has 0 radical (unpaired) electrons. The van der Waals surface area contributed by atoms with Crippen LogP contribution in [0.1, 0.15) is 29.8 Å². The zero-order chi connectivity index (χ0) is 15.4. The molecule has 0 bridgehead atoms. The lowest BCUT2D eigenvalue weighted by Crippen LogP contribution is -2.32. The highest BCUT2D eigenvalue weighted by Gasteiger charge is 2.18. The van der Waals surface area contributed by atoms with Crippen molar-refractivity contribution in [3.8, 4) is 0 Å². The van der Waals surface area contributed by atoms with Crippen LogP contribution in [0.15, 0.2) is 48.5 Å². The molecule has 110 valence electrons. The monoisotopic (exact) mass is 283 g/mol. The molecule has 0 aliphatic rings. The van der Waals surface area contributed by atoms with Crippen LogP contribution in [0.5, 0.6) is 0 Å². The van der Waals surface area contributed by atoms with Gasteiger partial charge in [0.1, 0.15) is 0 Å². The van der Waals surface area contributed by atoms with Crippen molar-refractivity contribution in [3.05, 3.63) is 59.7 Å². The van der Waals surface area contributed by atoms with Crippen LogP contribution < -0.4 is 16.4 Å². The number of nitrogen functional groups attached to an aromatic ring is 1. The summed E-state index contributed by atoms with van der Waals surface area (Å²) in [5.74, 6) is -0.462. The summed E-state index contributed by atoms with van der Waals surface area (Å²) in [6, 6.07) is 15.6. The predicted octanol–water partition coefficient (Wildman–Crippen LogP) is 2.78. The largest absolute Gasteiger partial charge is 0.399 e. The van der Waals surface area contributed by atoms with Crippen molar-refractivity contribution in [2.24, 2.45) is 5.73 Å². The first-order valence-corrected chi connectivity index (χ1v) is 6.99. The fourth-order valence-corrected chi connectivity index (χ4v) is 2.33. The number of amides is 1. The quantitative estimate of drug-likeness (QED) is 0.829. The Kier molecular flexibility index (Phi) is 4.48. The normalized spacial score (nSPS) is 10.6. The summed E-state index contributed by atoms with van der Waals surface area (Å²) in [6.45, 7) is 4.89. The second-order valence-electron chi connectivity index (χ2n) is 5.35. The summed E-state index contributed by atoms with van der Waals surface area (Å²) in [4.78, 5) is 13.8. The van der Waals surface area contributed by atoms with Gasteiger partial charge in [0.25, 0.3) is 5.91 Å². The van der Waals surface area contributed by atoms with Crippen LogP contribution in [-0.2, 0) is 6.54 Å². The zero-order valence-corrected chi connectivity index (χ0v) is 12.4. The number of nitrogens with two attached hydrogens (primary N) is 2. The predicted molar refractivity (Wildman–Crippen MR) is 87.1 cm³/mol. The number of benzene rings is 2.